The first-order valence-electron chi connectivity index (χ1n) is 11.1. The minimum atomic E-state index is -0.249. The van der Waals surface area contributed by atoms with Gasteiger partial charge in [-0.25, -0.2) is 4.98 Å². The van der Waals surface area contributed by atoms with Crippen LogP contribution >= 0.6 is 23.4 Å². The van der Waals surface area contributed by atoms with Gasteiger partial charge in [-0.3, -0.25) is 14.2 Å². The van der Waals surface area contributed by atoms with Gasteiger partial charge in [0.2, 0.25) is 5.91 Å². The van der Waals surface area contributed by atoms with Crippen molar-refractivity contribution in [2.24, 2.45) is 0 Å². The summed E-state index contributed by atoms with van der Waals surface area (Å²) in [6, 6.07) is 18.8. The maximum atomic E-state index is 13.6. The summed E-state index contributed by atoms with van der Waals surface area (Å²) in [5.41, 5.74) is 6.13. The zero-order valence-corrected chi connectivity index (χ0v) is 21.1. The van der Waals surface area contributed by atoms with E-state index in [1.807, 2.05) is 57.2 Å². The van der Waals surface area contributed by atoms with Gasteiger partial charge in [-0.1, -0.05) is 65.3 Å². The molecule has 3 aromatic carbocycles. The second kappa shape index (κ2) is 9.24. The Hall–Kier alpha value is -3.55. The third kappa shape index (κ3) is 4.45. The van der Waals surface area contributed by atoms with Crippen LogP contribution in [0.3, 0.4) is 0 Å². The van der Waals surface area contributed by atoms with Crippen LogP contribution < -0.4 is 10.9 Å². The number of anilines is 1. The maximum absolute atomic E-state index is 13.6. The van der Waals surface area contributed by atoms with Crippen molar-refractivity contribution in [2.75, 3.05) is 11.1 Å². The average Bonchev–Trinajstić information content (AvgIpc) is 3.19. The van der Waals surface area contributed by atoms with E-state index in [-0.39, 0.29) is 17.2 Å². The van der Waals surface area contributed by atoms with E-state index in [4.69, 9.17) is 16.6 Å². The van der Waals surface area contributed by atoms with Gasteiger partial charge in [0.25, 0.3) is 5.56 Å². The third-order valence-electron chi connectivity index (χ3n) is 5.83. The molecule has 2 heterocycles. The molecule has 2 N–H and O–H groups in total. The van der Waals surface area contributed by atoms with Gasteiger partial charge in [-0.15, -0.1) is 0 Å². The normalized spacial score (nSPS) is 11.3. The highest BCUT2D eigenvalue weighted by Gasteiger charge is 2.19. The Bertz CT molecular complexity index is 1650. The monoisotopic (exact) mass is 502 g/mol. The number of nitrogens with zero attached hydrogens (tertiary/aromatic N) is 2. The Kier molecular flexibility index (Phi) is 6.13. The van der Waals surface area contributed by atoms with Crippen LogP contribution in [0.5, 0.6) is 0 Å². The summed E-state index contributed by atoms with van der Waals surface area (Å²) in [4.78, 5) is 34.6. The van der Waals surface area contributed by atoms with Crippen LogP contribution in [-0.2, 0) is 4.79 Å². The summed E-state index contributed by atoms with van der Waals surface area (Å²) in [6.07, 6.45) is 0. The number of halogens is 1. The quantitative estimate of drug-likeness (QED) is 0.222. The van der Waals surface area contributed by atoms with Crippen molar-refractivity contribution in [1.82, 2.24) is 14.5 Å². The van der Waals surface area contributed by atoms with E-state index in [0.29, 0.717) is 26.9 Å². The molecular weight excluding hydrogens is 480 g/mol. The summed E-state index contributed by atoms with van der Waals surface area (Å²) >= 11 is 7.44. The van der Waals surface area contributed by atoms with Gasteiger partial charge in [0, 0.05) is 21.6 Å². The first-order valence-corrected chi connectivity index (χ1v) is 12.5. The number of carbonyl (C=O) groups is 1. The SMILES string of the molecule is Cc1cc(C)c(NC(=O)CSc2nc3c([nH]c4ccccc43)c(=O)n2-c2cccc(Cl)c2)c(C)c1. The number of fused-ring (bicyclic) bond motifs is 3. The van der Waals surface area contributed by atoms with Crippen LogP contribution in [0.25, 0.3) is 27.6 Å². The minimum absolute atomic E-state index is 0.0909. The van der Waals surface area contributed by atoms with Crippen molar-refractivity contribution in [2.45, 2.75) is 25.9 Å². The molecule has 0 aliphatic carbocycles. The van der Waals surface area contributed by atoms with Crippen molar-refractivity contribution in [3.8, 4) is 5.69 Å². The summed E-state index contributed by atoms with van der Waals surface area (Å²) in [5.74, 6) is -0.0795. The third-order valence-corrected chi connectivity index (χ3v) is 7.01. The molecule has 176 valence electrons. The van der Waals surface area contributed by atoms with E-state index in [9.17, 15) is 9.59 Å². The molecule has 1 amide bonds. The second-order valence-corrected chi connectivity index (χ2v) is 9.90. The zero-order chi connectivity index (χ0) is 24.7. The molecule has 35 heavy (non-hydrogen) atoms. The predicted molar refractivity (Wildman–Crippen MR) is 144 cm³/mol. The number of hydrogen-bond donors (Lipinski definition) is 2. The first kappa shape index (κ1) is 23.2. The highest BCUT2D eigenvalue weighted by Crippen LogP contribution is 2.28. The van der Waals surface area contributed by atoms with E-state index in [1.165, 1.54) is 16.3 Å². The number of nitrogens with one attached hydrogen (secondary N) is 2. The number of benzene rings is 3. The van der Waals surface area contributed by atoms with Gasteiger partial charge in [0.15, 0.2) is 5.16 Å². The molecule has 0 fully saturated rings. The molecule has 0 saturated carbocycles. The van der Waals surface area contributed by atoms with Crippen LogP contribution in [0.1, 0.15) is 16.7 Å². The minimum Gasteiger partial charge on any atom is -0.349 e. The lowest BCUT2D eigenvalue weighted by Crippen LogP contribution is -2.23. The molecule has 0 unspecified atom stereocenters. The number of hydrogen-bond acceptors (Lipinski definition) is 4. The molecule has 0 aliphatic heterocycles. The van der Waals surface area contributed by atoms with Gasteiger partial charge >= 0.3 is 0 Å². The molecule has 0 aliphatic rings. The first-order chi connectivity index (χ1) is 16.8. The average molecular weight is 503 g/mol. The van der Waals surface area contributed by atoms with E-state index in [0.717, 1.165) is 33.3 Å². The highest BCUT2D eigenvalue weighted by molar-refractivity contribution is 7.99. The second-order valence-electron chi connectivity index (χ2n) is 8.52. The Morgan fingerprint density at radius 2 is 1.80 bits per heavy atom. The number of para-hydroxylation sites is 1. The molecule has 2 aromatic heterocycles. The molecule has 0 atom stereocenters. The molecule has 0 bridgehead atoms. The van der Waals surface area contributed by atoms with Crippen molar-refractivity contribution < 1.29 is 4.79 Å². The Morgan fingerprint density at radius 3 is 2.54 bits per heavy atom. The lowest BCUT2D eigenvalue weighted by Gasteiger charge is -2.14. The summed E-state index contributed by atoms with van der Waals surface area (Å²) < 4.78 is 1.50. The maximum Gasteiger partial charge on any atom is 0.283 e. The number of thioether (sulfide) groups is 1. The molecular formula is C27H23ClN4O2S. The van der Waals surface area contributed by atoms with Gasteiger partial charge in [0.1, 0.15) is 11.0 Å². The van der Waals surface area contributed by atoms with Crippen molar-refractivity contribution in [1.29, 1.82) is 0 Å². The number of rotatable bonds is 5. The molecule has 0 saturated heterocycles. The van der Waals surface area contributed by atoms with Gasteiger partial charge < -0.3 is 10.3 Å². The largest absolute Gasteiger partial charge is 0.349 e. The Morgan fingerprint density at radius 1 is 1.06 bits per heavy atom. The van der Waals surface area contributed by atoms with Crippen molar-refractivity contribution in [3.63, 3.8) is 0 Å². The van der Waals surface area contributed by atoms with Crippen LogP contribution in [0, 0.1) is 20.8 Å². The predicted octanol–water partition coefficient (Wildman–Crippen LogP) is 6.18. The van der Waals surface area contributed by atoms with E-state index < -0.39 is 0 Å². The number of H-pyrrole nitrogens is 1. The van der Waals surface area contributed by atoms with E-state index in [2.05, 4.69) is 10.3 Å². The van der Waals surface area contributed by atoms with Crippen LogP contribution in [0.15, 0.2) is 70.6 Å². The molecule has 5 rings (SSSR count). The number of aryl methyl sites for hydroxylation is 3. The lowest BCUT2D eigenvalue weighted by molar-refractivity contribution is -0.113. The smallest absolute Gasteiger partial charge is 0.283 e. The highest BCUT2D eigenvalue weighted by atomic mass is 35.5. The van der Waals surface area contributed by atoms with Crippen molar-refractivity contribution >= 4 is 56.9 Å². The standard InChI is InChI=1S/C27H23ClN4O2S/c1-15-11-16(2)23(17(3)12-15)30-22(33)14-35-27-31-24-20-9-4-5-10-21(20)29-25(24)26(34)32(27)19-8-6-7-18(28)13-19/h4-13,29H,14H2,1-3H3,(H,30,33). The molecule has 0 radical (unpaired) electrons. The molecule has 5 aromatic rings. The van der Waals surface area contributed by atoms with Crippen LogP contribution in [-0.4, -0.2) is 26.2 Å². The molecule has 8 heteroatoms. The number of amides is 1. The Balaban J connectivity index is 1.55. The number of aromatic nitrogens is 3. The number of aromatic amines is 1. The molecule has 6 nitrogen and oxygen atoms in total. The van der Waals surface area contributed by atoms with E-state index in [1.54, 1.807) is 24.3 Å². The Labute approximate surface area is 211 Å². The summed E-state index contributed by atoms with van der Waals surface area (Å²) in [7, 11) is 0. The van der Waals surface area contributed by atoms with Crippen LogP contribution in [0.4, 0.5) is 5.69 Å². The van der Waals surface area contributed by atoms with Crippen LogP contribution in [0.2, 0.25) is 5.02 Å². The lowest BCUT2D eigenvalue weighted by atomic mass is 10.1. The fourth-order valence-electron chi connectivity index (χ4n) is 4.36. The van der Waals surface area contributed by atoms with Gasteiger partial charge in [0.05, 0.1) is 11.4 Å². The van der Waals surface area contributed by atoms with E-state index >= 15 is 0 Å². The molecule has 0 spiro atoms. The van der Waals surface area contributed by atoms with Gasteiger partial charge in [-0.2, -0.15) is 0 Å². The van der Waals surface area contributed by atoms with Crippen molar-refractivity contribution in [3.05, 3.63) is 92.7 Å². The summed E-state index contributed by atoms with van der Waals surface area (Å²) in [6.45, 7) is 5.99. The topological polar surface area (TPSA) is 79.8 Å². The zero-order valence-electron chi connectivity index (χ0n) is 19.5. The fourth-order valence-corrected chi connectivity index (χ4v) is 5.36. The fraction of sp³-hybridized carbons (Fsp3) is 0.148. The summed E-state index contributed by atoms with van der Waals surface area (Å²) in [5, 5.41) is 4.80. The number of carbonyl (C=O) groups excluding carboxylic acids is 1. The van der Waals surface area contributed by atoms with Gasteiger partial charge in [-0.05, 0) is 56.2 Å².